The molecule has 2 aliphatic heterocycles. The highest BCUT2D eigenvalue weighted by Crippen LogP contribution is 2.17. The van der Waals surface area contributed by atoms with E-state index < -0.39 is 0 Å². The number of guanidine groups is 1. The van der Waals surface area contributed by atoms with Crippen molar-refractivity contribution in [3.05, 3.63) is 23.3 Å². The van der Waals surface area contributed by atoms with Crippen LogP contribution in [-0.2, 0) is 32.4 Å². The molecule has 0 saturated heterocycles. The van der Waals surface area contributed by atoms with Crippen LogP contribution in [0.15, 0.2) is 4.99 Å². The third kappa shape index (κ3) is 6.20. The molecule has 0 aliphatic carbocycles. The van der Waals surface area contributed by atoms with Gasteiger partial charge in [0.2, 0.25) is 0 Å². The lowest BCUT2D eigenvalue weighted by molar-refractivity contribution is 0.391. The average Bonchev–Trinajstić information content (AvgIpc) is 3.27. The Morgan fingerprint density at radius 2 is 2.03 bits per heavy atom. The third-order valence-electron chi connectivity index (χ3n) is 6.09. The first-order chi connectivity index (χ1) is 15.1. The van der Waals surface area contributed by atoms with Gasteiger partial charge in [-0.15, -0.1) is 34.2 Å². The van der Waals surface area contributed by atoms with Gasteiger partial charge in [-0.2, -0.15) is 5.10 Å². The molecule has 178 valence electrons. The zero-order chi connectivity index (χ0) is 21.6. The number of hydrogen-bond donors (Lipinski definition) is 2. The molecular weight excluding hydrogens is 517 g/mol. The van der Waals surface area contributed by atoms with Gasteiger partial charge in [0.25, 0.3) is 0 Å². The van der Waals surface area contributed by atoms with Crippen LogP contribution in [0.1, 0.15) is 82.1 Å². The molecule has 10 heteroatoms. The zero-order valence-corrected chi connectivity index (χ0v) is 22.0. The second-order valence-electron chi connectivity index (χ2n) is 8.96. The summed E-state index contributed by atoms with van der Waals surface area (Å²) in [6.45, 7) is 9.92. The van der Waals surface area contributed by atoms with Gasteiger partial charge in [-0.25, -0.2) is 9.67 Å². The minimum absolute atomic E-state index is 0. The summed E-state index contributed by atoms with van der Waals surface area (Å²) in [5, 5.41) is 20.5. The van der Waals surface area contributed by atoms with Gasteiger partial charge in [-0.3, -0.25) is 4.99 Å². The summed E-state index contributed by atoms with van der Waals surface area (Å²) in [6.07, 6.45) is 8.73. The number of nitrogens with zero attached hydrogens (tertiary/aromatic N) is 7. The Morgan fingerprint density at radius 3 is 2.84 bits per heavy atom. The van der Waals surface area contributed by atoms with Gasteiger partial charge in [0.05, 0.1) is 6.54 Å². The van der Waals surface area contributed by atoms with Crippen LogP contribution in [0.4, 0.5) is 0 Å². The smallest absolute Gasteiger partial charge is 0.191 e. The van der Waals surface area contributed by atoms with Crippen LogP contribution in [0, 0.1) is 0 Å². The number of halogens is 1. The van der Waals surface area contributed by atoms with Gasteiger partial charge in [-0.05, 0) is 32.6 Å². The number of aromatic nitrogens is 6. The van der Waals surface area contributed by atoms with Crippen molar-refractivity contribution in [3.8, 4) is 0 Å². The van der Waals surface area contributed by atoms with E-state index in [0.29, 0.717) is 12.0 Å². The minimum atomic E-state index is 0. The van der Waals surface area contributed by atoms with E-state index in [2.05, 4.69) is 60.9 Å². The van der Waals surface area contributed by atoms with Crippen molar-refractivity contribution in [1.29, 1.82) is 0 Å². The standard InChI is InChI=1S/C22H37N9.HI/c1-4-23-22(25-17-11-12-18-26-21(16(2)3)29-31(18)15-17)24-13-8-10-20-28-27-19-9-6-5-7-14-30(19)20;/h16-17H,4-15H2,1-3H3,(H2,23,24,25);1H. The molecule has 0 radical (unpaired) electrons. The molecule has 4 heterocycles. The molecule has 0 aromatic carbocycles. The molecule has 0 saturated carbocycles. The first kappa shape index (κ1) is 24.9. The lowest BCUT2D eigenvalue weighted by Gasteiger charge is -2.25. The highest BCUT2D eigenvalue weighted by molar-refractivity contribution is 14.0. The van der Waals surface area contributed by atoms with E-state index >= 15 is 0 Å². The molecule has 0 amide bonds. The lowest BCUT2D eigenvalue weighted by Crippen LogP contribution is -2.47. The number of aryl methyl sites for hydroxylation is 3. The topological polar surface area (TPSA) is 97.8 Å². The van der Waals surface area contributed by atoms with E-state index in [1.807, 2.05) is 0 Å². The van der Waals surface area contributed by atoms with Crippen LogP contribution in [0.3, 0.4) is 0 Å². The second kappa shape index (κ2) is 11.9. The molecular formula is C22H38IN9. The third-order valence-corrected chi connectivity index (χ3v) is 6.09. The van der Waals surface area contributed by atoms with Gasteiger partial charge < -0.3 is 15.2 Å². The number of hydrogen-bond acceptors (Lipinski definition) is 5. The number of aliphatic imine (C=N–C) groups is 1. The average molecular weight is 556 g/mol. The quantitative estimate of drug-likeness (QED) is 0.236. The minimum Gasteiger partial charge on any atom is -0.357 e. The summed E-state index contributed by atoms with van der Waals surface area (Å²) in [7, 11) is 0. The molecule has 1 unspecified atom stereocenters. The van der Waals surface area contributed by atoms with E-state index in [0.717, 1.165) is 87.5 Å². The predicted octanol–water partition coefficient (Wildman–Crippen LogP) is 2.84. The summed E-state index contributed by atoms with van der Waals surface area (Å²) >= 11 is 0. The maximum absolute atomic E-state index is 4.82. The molecule has 4 rings (SSSR count). The predicted molar refractivity (Wildman–Crippen MR) is 137 cm³/mol. The van der Waals surface area contributed by atoms with Crippen LogP contribution in [0.25, 0.3) is 0 Å². The number of fused-ring (bicyclic) bond motifs is 2. The molecule has 2 aromatic heterocycles. The Balaban J connectivity index is 0.00000289. The molecule has 2 aliphatic rings. The molecule has 0 bridgehead atoms. The molecule has 0 spiro atoms. The fourth-order valence-electron chi connectivity index (χ4n) is 4.36. The van der Waals surface area contributed by atoms with Crippen LogP contribution in [0.2, 0.25) is 0 Å². The number of rotatable bonds is 7. The summed E-state index contributed by atoms with van der Waals surface area (Å²) in [4.78, 5) is 9.51. The van der Waals surface area contributed by atoms with E-state index in [9.17, 15) is 0 Å². The van der Waals surface area contributed by atoms with Gasteiger partial charge >= 0.3 is 0 Å². The first-order valence-corrected chi connectivity index (χ1v) is 12.0. The van der Waals surface area contributed by atoms with Crippen molar-refractivity contribution >= 4 is 29.9 Å². The summed E-state index contributed by atoms with van der Waals surface area (Å²) < 4.78 is 4.40. The lowest BCUT2D eigenvalue weighted by atomic mass is 10.1. The van der Waals surface area contributed by atoms with E-state index in [4.69, 9.17) is 4.99 Å². The largest absolute Gasteiger partial charge is 0.357 e. The van der Waals surface area contributed by atoms with E-state index in [1.54, 1.807) is 0 Å². The zero-order valence-electron chi connectivity index (χ0n) is 19.7. The highest BCUT2D eigenvalue weighted by atomic mass is 127. The van der Waals surface area contributed by atoms with E-state index in [-0.39, 0.29) is 24.0 Å². The number of nitrogens with one attached hydrogen (secondary N) is 2. The monoisotopic (exact) mass is 555 g/mol. The van der Waals surface area contributed by atoms with Crippen molar-refractivity contribution in [3.63, 3.8) is 0 Å². The molecule has 2 aromatic rings. The van der Waals surface area contributed by atoms with Gasteiger partial charge in [0.15, 0.2) is 11.8 Å². The normalized spacial score (nSPS) is 18.5. The van der Waals surface area contributed by atoms with E-state index in [1.165, 1.54) is 19.3 Å². The van der Waals surface area contributed by atoms with Gasteiger partial charge in [-0.1, -0.05) is 20.3 Å². The van der Waals surface area contributed by atoms with Gasteiger partial charge in [0.1, 0.15) is 17.5 Å². The molecule has 32 heavy (non-hydrogen) atoms. The van der Waals surface area contributed by atoms with Crippen molar-refractivity contribution in [1.82, 2.24) is 40.2 Å². The molecule has 2 N–H and O–H groups in total. The van der Waals surface area contributed by atoms with Crippen molar-refractivity contribution in [2.45, 2.75) is 97.2 Å². The summed E-state index contributed by atoms with van der Waals surface area (Å²) in [6, 6.07) is 0.319. The van der Waals surface area contributed by atoms with Crippen molar-refractivity contribution in [2.75, 3.05) is 13.1 Å². The Bertz CT molecular complexity index is 886. The van der Waals surface area contributed by atoms with Crippen molar-refractivity contribution in [2.24, 2.45) is 4.99 Å². The van der Waals surface area contributed by atoms with Crippen LogP contribution in [-0.4, -0.2) is 54.6 Å². The maximum Gasteiger partial charge on any atom is 0.191 e. The van der Waals surface area contributed by atoms with Crippen molar-refractivity contribution < 1.29 is 0 Å². The van der Waals surface area contributed by atoms with Crippen LogP contribution >= 0.6 is 24.0 Å². The molecule has 0 fully saturated rings. The Hall–Kier alpha value is -1.72. The van der Waals surface area contributed by atoms with Crippen LogP contribution < -0.4 is 10.6 Å². The highest BCUT2D eigenvalue weighted by Gasteiger charge is 2.23. The SMILES string of the molecule is CCNC(=NCCCc1nnc2n1CCCCC2)NC1CCc2nc(C(C)C)nn2C1.I. The Labute approximate surface area is 208 Å². The summed E-state index contributed by atoms with van der Waals surface area (Å²) in [5.74, 6) is 5.59. The summed E-state index contributed by atoms with van der Waals surface area (Å²) in [5.41, 5.74) is 0. The Morgan fingerprint density at radius 1 is 1.16 bits per heavy atom. The van der Waals surface area contributed by atoms with Crippen LogP contribution in [0.5, 0.6) is 0 Å². The molecule has 1 atom stereocenters. The maximum atomic E-state index is 4.82. The second-order valence-corrected chi connectivity index (χ2v) is 8.96. The first-order valence-electron chi connectivity index (χ1n) is 12.0. The Kier molecular flexibility index (Phi) is 9.30. The van der Waals surface area contributed by atoms with Gasteiger partial charge in [0, 0.05) is 50.9 Å². The molecule has 9 nitrogen and oxygen atoms in total. The fourth-order valence-corrected chi connectivity index (χ4v) is 4.36. The fraction of sp³-hybridized carbons (Fsp3) is 0.773.